The Morgan fingerprint density at radius 1 is 0.607 bits per heavy atom. The van der Waals surface area contributed by atoms with Gasteiger partial charge in [0.2, 0.25) is 0 Å². The second-order valence-electron chi connectivity index (χ2n) is 7.01. The maximum atomic E-state index is 4.75. The third-order valence-corrected chi connectivity index (χ3v) is 4.39. The number of hydrogen-bond donors (Lipinski definition) is 1. The van der Waals surface area contributed by atoms with Crippen molar-refractivity contribution in [2.75, 3.05) is 26.2 Å². The fourth-order valence-electron chi connectivity index (χ4n) is 3.46. The molecule has 0 heterocycles. The van der Waals surface area contributed by atoms with Gasteiger partial charge in [-0.3, -0.25) is 0 Å². The summed E-state index contributed by atoms with van der Waals surface area (Å²) in [5.41, 5.74) is 9.93. The Morgan fingerprint density at radius 2 is 0.893 bits per heavy atom. The van der Waals surface area contributed by atoms with Gasteiger partial charge in [0.15, 0.2) is 0 Å². The first-order valence-corrected chi connectivity index (χ1v) is 9.10. The Morgan fingerprint density at radius 3 is 1.18 bits per heavy atom. The van der Waals surface area contributed by atoms with Crippen LogP contribution < -0.4 is 5.32 Å². The summed E-state index contributed by atoms with van der Waals surface area (Å²) in [6.07, 6.45) is 0. The molecule has 0 radical (unpaired) electrons. The molecule has 4 heteroatoms. The van der Waals surface area contributed by atoms with E-state index in [0.29, 0.717) is 0 Å². The SMILES string of the molecule is Cc1cc(C)c([N-]CCNCC[N-]c2c(C)cc(C)cc2C)c(C)c1.[CH3-].[CH3-].[Zr]. The van der Waals surface area contributed by atoms with Gasteiger partial charge in [0.1, 0.15) is 0 Å². The summed E-state index contributed by atoms with van der Waals surface area (Å²) >= 11 is 0. The number of nitrogens with one attached hydrogen (secondary N) is 1. The van der Waals surface area contributed by atoms with Crippen molar-refractivity contribution < 1.29 is 26.2 Å². The molecule has 0 saturated carbocycles. The second kappa shape index (κ2) is 14.0. The van der Waals surface area contributed by atoms with Crippen LogP contribution >= 0.6 is 0 Å². The summed E-state index contributed by atoms with van der Waals surface area (Å²) in [5, 5.41) is 12.9. The van der Waals surface area contributed by atoms with Crippen molar-refractivity contribution in [1.82, 2.24) is 5.32 Å². The van der Waals surface area contributed by atoms with Gasteiger partial charge in [0.05, 0.1) is 0 Å². The van der Waals surface area contributed by atoms with Crippen molar-refractivity contribution >= 4 is 11.4 Å². The number of rotatable bonds is 8. The molecule has 2 aromatic carbocycles. The predicted octanol–water partition coefficient (Wildman–Crippen LogP) is 6.74. The largest absolute Gasteiger partial charge is 0.683 e. The van der Waals surface area contributed by atoms with E-state index in [-0.39, 0.29) is 41.1 Å². The van der Waals surface area contributed by atoms with Gasteiger partial charge >= 0.3 is 0 Å². The van der Waals surface area contributed by atoms with Crippen LogP contribution in [0, 0.1) is 56.4 Å². The van der Waals surface area contributed by atoms with Crippen LogP contribution in [0.3, 0.4) is 0 Å². The van der Waals surface area contributed by atoms with Crippen LogP contribution in [-0.4, -0.2) is 26.2 Å². The van der Waals surface area contributed by atoms with E-state index in [4.69, 9.17) is 10.6 Å². The zero-order chi connectivity index (χ0) is 18.4. The van der Waals surface area contributed by atoms with Crippen LogP contribution in [0.2, 0.25) is 0 Å². The Hall–Kier alpha value is -1.12. The van der Waals surface area contributed by atoms with Crippen LogP contribution in [0.25, 0.3) is 10.6 Å². The summed E-state index contributed by atoms with van der Waals surface area (Å²) in [6.45, 7) is 16.2. The monoisotopic (exact) mass is 457 g/mol. The first-order chi connectivity index (χ1) is 11.9. The molecule has 1 N–H and O–H groups in total. The van der Waals surface area contributed by atoms with E-state index in [1.54, 1.807) is 0 Å². The van der Waals surface area contributed by atoms with E-state index in [0.717, 1.165) is 37.6 Å². The molecule has 3 nitrogen and oxygen atoms in total. The number of hydrogen-bond acceptors (Lipinski definition) is 1. The normalized spacial score (nSPS) is 9.64. The number of benzene rings is 2. The first kappa shape index (κ1) is 29.1. The Kier molecular flexibility index (Phi) is 14.5. The average molecular weight is 459 g/mol. The van der Waals surface area contributed by atoms with Gasteiger partial charge in [0, 0.05) is 26.2 Å². The molecule has 0 aromatic heterocycles. The molecule has 28 heavy (non-hydrogen) atoms. The second-order valence-corrected chi connectivity index (χ2v) is 7.01. The van der Waals surface area contributed by atoms with Crippen LogP contribution in [0.15, 0.2) is 24.3 Å². The van der Waals surface area contributed by atoms with Gasteiger partial charge in [0.25, 0.3) is 0 Å². The van der Waals surface area contributed by atoms with Crippen molar-refractivity contribution in [3.05, 3.63) is 83.1 Å². The van der Waals surface area contributed by atoms with Crippen molar-refractivity contribution in [2.45, 2.75) is 41.5 Å². The van der Waals surface area contributed by atoms with Gasteiger partial charge in [-0.25, -0.2) is 0 Å². The van der Waals surface area contributed by atoms with E-state index in [1.807, 2.05) is 0 Å². The summed E-state index contributed by atoms with van der Waals surface area (Å²) in [4.78, 5) is 0. The minimum absolute atomic E-state index is 0. The van der Waals surface area contributed by atoms with Crippen LogP contribution in [-0.2, 0) is 26.2 Å². The minimum atomic E-state index is 0. The molecular weight excluding hydrogens is 422 g/mol. The zero-order valence-corrected chi connectivity index (χ0v) is 21.5. The molecule has 2 aromatic rings. The van der Waals surface area contributed by atoms with E-state index >= 15 is 0 Å². The van der Waals surface area contributed by atoms with Gasteiger partial charge in [-0.15, -0.1) is 24.5 Å². The van der Waals surface area contributed by atoms with Gasteiger partial charge in [-0.2, -0.15) is 0 Å². The summed E-state index contributed by atoms with van der Waals surface area (Å²) in [5.74, 6) is 0. The number of nitrogens with zero attached hydrogens (tertiary/aromatic N) is 2. The van der Waals surface area contributed by atoms with Crippen LogP contribution in [0.5, 0.6) is 0 Å². The molecule has 0 bridgehead atoms. The van der Waals surface area contributed by atoms with Gasteiger partial charge in [-0.05, 0) is 54.6 Å². The molecule has 0 aliphatic rings. The first-order valence-electron chi connectivity index (χ1n) is 9.10. The Labute approximate surface area is 193 Å². The topological polar surface area (TPSA) is 40.2 Å². The molecule has 0 unspecified atom stereocenters. The fourth-order valence-corrected chi connectivity index (χ4v) is 3.46. The molecule has 0 aliphatic heterocycles. The Balaban J connectivity index is 0. The molecule has 0 aliphatic carbocycles. The van der Waals surface area contributed by atoms with E-state index < -0.39 is 0 Å². The standard InChI is InChI=1S/C22H31N3.2CH3.Zr/c1-15-11-17(3)21(18(4)12-15)24-9-7-23-8-10-25-22-19(5)13-16(2)14-20(22)6;;;/h11-14,23H,7-10H2,1-6H3;2*1H3;/q-2;2*-1;. The third-order valence-electron chi connectivity index (χ3n) is 4.39. The molecule has 0 fully saturated rings. The summed E-state index contributed by atoms with van der Waals surface area (Å²) in [6, 6.07) is 8.80. The van der Waals surface area contributed by atoms with Crippen LogP contribution in [0.4, 0.5) is 11.4 Å². The fraction of sp³-hybridized carbons (Fsp3) is 0.417. The zero-order valence-electron chi connectivity index (χ0n) is 19.0. The van der Waals surface area contributed by atoms with Crippen molar-refractivity contribution in [3.63, 3.8) is 0 Å². The predicted molar refractivity (Wildman–Crippen MR) is 123 cm³/mol. The molecular formula is C24H37N3Zr-4. The smallest absolute Gasteiger partial charge is 0 e. The van der Waals surface area contributed by atoms with Crippen molar-refractivity contribution in [1.29, 1.82) is 0 Å². The van der Waals surface area contributed by atoms with Crippen LogP contribution in [0.1, 0.15) is 33.4 Å². The molecule has 0 atom stereocenters. The molecule has 2 rings (SSSR count). The Bertz CT molecular complexity index is 618. The van der Waals surface area contributed by atoms with E-state index in [9.17, 15) is 0 Å². The van der Waals surface area contributed by atoms with Crippen molar-refractivity contribution in [3.8, 4) is 0 Å². The van der Waals surface area contributed by atoms with E-state index in [2.05, 4.69) is 71.1 Å². The molecule has 156 valence electrons. The number of aryl methyl sites for hydroxylation is 6. The average Bonchev–Trinajstić information content (AvgIpc) is 2.50. The summed E-state index contributed by atoms with van der Waals surface area (Å²) < 4.78 is 0. The van der Waals surface area contributed by atoms with Gasteiger partial charge < -0.3 is 30.8 Å². The molecule has 0 amide bonds. The van der Waals surface area contributed by atoms with Crippen molar-refractivity contribution in [2.24, 2.45) is 0 Å². The maximum absolute atomic E-state index is 4.75. The third kappa shape index (κ3) is 8.49. The maximum Gasteiger partial charge on any atom is 0 e. The molecule has 0 spiro atoms. The summed E-state index contributed by atoms with van der Waals surface area (Å²) in [7, 11) is 0. The van der Waals surface area contributed by atoms with E-state index in [1.165, 1.54) is 33.4 Å². The molecule has 0 saturated heterocycles. The van der Waals surface area contributed by atoms with Gasteiger partial charge in [-0.1, -0.05) is 57.6 Å². The quantitative estimate of drug-likeness (QED) is 0.345. The minimum Gasteiger partial charge on any atom is -0.683 e.